The lowest BCUT2D eigenvalue weighted by atomic mass is 11.0. The predicted octanol–water partition coefficient (Wildman–Crippen LogP) is 2.19. The Morgan fingerprint density at radius 1 is 1.62 bits per heavy atom. The molecule has 0 aliphatic rings. The van der Waals surface area contributed by atoms with Gasteiger partial charge in [-0.2, -0.15) is 5.10 Å². The number of nitrogens with zero attached hydrogens (tertiary/aromatic N) is 4. The molecule has 0 saturated heterocycles. The van der Waals surface area contributed by atoms with Crippen LogP contribution in [-0.2, 0) is 7.05 Å². The molecule has 0 aliphatic heterocycles. The molecular formula is C6H5BrN4S2. The highest BCUT2D eigenvalue weighted by molar-refractivity contribution is 9.10. The number of rotatable bonds is 2. The molecule has 0 aliphatic carbocycles. The maximum Gasteiger partial charge on any atom is 0.192 e. The molecule has 0 unspecified atom stereocenters. The molecule has 0 aromatic carbocycles. The van der Waals surface area contributed by atoms with Crippen molar-refractivity contribution in [3.05, 3.63) is 16.3 Å². The summed E-state index contributed by atoms with van der Waals surface area (Å²) in [4.78, 5) is 8.33. The zero-order valence-electron chi connectivity index (χ0n) is 6.64. The maximum atomic E-state index is 4.24. The monoisotopic (exact) mass is 276 g/mol. The first kappa shape index (κ1) is 9.17. The van der Waals surface area contributed by atoms with Crippen LogP contribution in [0.2, 0.25) is 0 Å². The van der Waals surface area contributed by atoms with E-state index in [1.54, 1.807) is 16.0 Å². The van der Waals surface area contributed by atoms with Gasteiger partial charge >= 0.3 is 0 Å². The molecule has 68 valence electrons. The predicted molar refractivity (Wildman–Crippen MR) is 54.9 cm³/mol. The zero-order chi connectivity index (χ0) is 9.26. The summed E-state index contributed by atoms with van der Waals surface area (Å²) in [6, 6.07) is 0. The van der Waals surface area contributed by atoms with Crippen LogP contribution in [0.15, 0.2) is 25.8 Å². The van der Waals surface area contributed by atoms with Gasteiger partial charge in [0.2, 0.25) is 0 Å². The molecule has 0 saturated carbocycles. The first-order valence-electron chi connectivity index (χ1n) is 3.38. The molecule has 0 bridgehead atoms. The number of thiazole rings is 1. The third-order valence-corrected chi connectivity index (χ3v) is 4.00. The van der Waals surface area contributed by atoms with E-state index >= 15 is 0 Å². The Morgan fingerprint density at radius 2 is 2.46 bits per heavy atom. The molecule has 13 heavy (non-hydrogen) atoms. The third-order valence-electron chi connectivity index (χ3n) is 1.30. The Bertz CT molecular complexity index is 410. The van der Waals surface area contributed by atoms with Crippen LogP contribution >= 0.6 is 39.0 Å². The lowest BCUT2D eigenvalue weighted by molar-refractivity contribution is 0.685. The Balaban J connectivity index is 2.19. The summed E-state index contributed by atoms with van der Waals surface area (Å²) in [5, 5.41) is 6.76. The van der Waals surface area contributed by atoms with Gasteiger partial charge in [0.25, 0.3) is 0 Å². The lowest BCUT2D eigenvalue weighted by Crippen LogP contribution is -1.91. The van der Waals surface area contributed by atoms with E-state index in [-0.39, 0.29) is 0 Å². The molecule has 2 heterocycles. The van der Waals surface area contributed by atoms with Crippen molar-refractivity contribution in [2.24, 2.45) is 7.05 Å². The van der Waals surface area contributed by atoms with E-state index in [4.69, 9.17) is 0 Å². The van der Waals surface area contributed by atoms with E-state index in [0.29, 0.717) is 0 Å². The summed E-state index contributed by atoms with van der Waals surface area (Å²) >= 11 is 6.39. The van der Waals surface area contributed by atoms with Gasteiger partial charge in [0.15, 0.2) is 9.50 Å². The van der Waals surface area contributed by atoms with Crippen LogP contribution in [0.5, 0.6) is 0 Å². The van der Waals surface area contributed by atoms with Gasteiger partial charge in [-0.15, -0.1) is 11.3 Å². The van der Waals surface area contributed by atoms with Crippen molar-refractivity contribution >= 4 is 39.0 Å². The van der Waals surface area contributed by atoms with Gasteiger partial charge in [-0.3, -0.25) is 0 Å². The van der Waals surface area contributed by atoms with Crippen LogP contribution in [0.1, 0.15) is 0 Å². The molecule has 0 fully saturated rings. The topological polar surface area (TPSA) is 43.6 Å². The SMILES string of the molecule is Cn1ncnc1Sc1nc(Br)cs1. The summed E-state index contributed by atoms with van der Waals surface area (Å²) in [7, 11) is 1.86. The summed E-state index contributed by atoms with van der Waals surface area (Å²) < 4.78 is 3.55. The zero-order valence-corrected chi connectivity index (χ0v) is 9.86. The van der Waals surface area contributed by atoms with E-state index in [9.17, 15) is 0 Å². The summed E-state index contributed by atoms with van der Waals surface area (Å²) in [6.07, 6.45) is 1.53. The molecular weight excluding hydrogens is 272 g/mol. The highest BCUT2D eigenvalue weighted by atomic mass is 79.9. The largest absolute Gasteiger partial charge is 0.244 e. The smallest absolute Gasteiger partial charge is 0.192 e. The van der Waals surface area contributed by atoms with E-state index in [1.807, 2.05) is 12.4 Å². The standard InChI is InChI=1S/C6H5BrN4S2/c1-11-5(8-3-9-11)13-6-10-4(7)2-12-6/h2-3H,1H3. The van der Waals surface area contributed by atoms with E-state index < -0.39 is 0 Å². The van der Waals surface area contributed by atoms with Gasteiger partial charge in [-0.1, -0.05) is 0 Å². The van der Waals surface area contributed by atoms with Crippen molar-refractivity contribution in [1.82, 2.24) is 19.7 Å². The van der Waals surface area contributed by atoms with Gasteiger partial charge in [-0.05, 0) is 27.7 Å². The average molecular weight is 277 g/mol. The molecule has 4 nitrogen and oxygen atoms in total. The molecule has 2 aromatic heterocycles. The molecule has 0 atom stereocenters. The minimum atomic E-state index is 0.849. The second kappa shape index (κ2) is 3.77. The third kappa shape index (κ3) is 2.09. The normalized spacial score (nSPS) is 10.6. The fourth-order valence-electron chi connectivity index (χ4n) is 0.742. The summed E-state index contributed by atoms with van der Waals surface area (Å²) in [6.45, 7) is 0. The molecule has 7 heteroatoms. The number of aryl methyl sites for hydroxylation is 1. The number of aromatic nitrogens is 4. The maximum absolute atomic E-state index is 4.24. The van der Waals surface area contributed by atoms with Crippen molar-refractivity contribution < 1.29 is 0 Å². The molecule has 2 aromatic rings. The Morgan fingerprint density at radius 3 is 3.00 bits per heavy atom. The molecule has 0 amide bonds. The quantitative estimate of drug-likeness (QED) is 0.844. The van der Waals surface area contributed by atoms with Crippen molar-refractivity contribution in [1.29, 1.82) is 0 Å². The van der Waals surface area contributed by atoms with E-state index in [0.717, 1.165) is 14.1 Å². The molecule has 0 radical (unpaired) electrons. The highest BCUT2D eigenvalue weighted by Gasteiger charge is 2.06. The lowest BCUT2D eigenvalue weighted by Gasteiger charge is -1.94. The fourth-order valence-corrected chi connectivity index (χ4v) is 2.98. The van der Waals surface area contributed by atoms with Crippen molar-refractivity contribution in [2.45, 2.75) is 9.50 Å². The van der Waals surface area contributed by atoms with Gasteiger partial charge in [-0.25, -0.2) is 14.6 Å². The van der Waals surface area contributed by atoms with Crippen LogP contribution in [0.25, 0.3) is 0 Å². The highest BCUT2D eigenvalue weighted by Crippen LogP contribution is 2.29. The van der Waals surface area contributed by atoms with E-state index in [1.165, 1.54) is 18.1 Å². The Kier molecular flexibility index (Phi) is 2.66. The second-order valence-electron chi connectivity index (χ2n) is 2.20. The van der Waals surface area contributed by atoms with Crippen LogP contribution in [0.3, 0.4) is 0 Å². The van der Waals surface area contributed by atoms with Crippen molar-refractivity contribution in [3.8, 4) is 0 Å². The summed E-state index contributed by atoms with van der Waals surface area (Å²) in [5.74, 6) is 0. The number of hydrogen-bond acceptors (Lipinski definition) is 5. The van der Waals surface area contributed by atoms with E-state index in [2.05, 4.69) is 31.0 Å². The van der Waals surface area contributed by atoms with Crippen molar-refractivity contribution in [3.63, 3.8) is 0 Å². The molecule has 2 rings (SSSR count). The fraction of sp³-hybridized carbons (Fsp3) is 0.167. The van der Waals surface area contributed by atoms with Crippen LogP contribution < -0.4 is 0 Å². The number of halogens is 1. The summed E-state index contributed by atoms with van der Waals surface area (Å²) in [5.41, 5.74) is 0. The van der Waals surface area contributed by atoms with Gasteiger partial charge < -0.3 is 0 Å². The van der Waals surface area contributed by atoms with Crippen molar-refractivity contribution in [2.75, 3.05) is 0 Å². The van der Waals surface area contributed by atoms with Gasteiger partial charge in [0.1, 0.15) is 10.9 Å². The van der Waals surface area contributed by atoms with Gasteiger partial charge in [0, 0.05) is 12.4 Å². The average Bonchev–Trinajstić information content (AvgIpc) is 2.64. The minimum absolute atomic E-state index is 0.849. The Hall–Kier alpha value is -0.400. The van der Waals surface area contributed by atoms with Crippen LogP contribution in [-0.4, -0.2) is 19.7 Å². The van der Waals surface area contributed by atoms with Crippen LogP contribution in [0, 0.1) is 0 Å². The Labute approximate surface area is 91.5 Å². The molecule has 0 N–H and O–H groups in total. The number of hydrogen-bond donors (Lipinski definition) is 0. The second-order valence-corrected chi connectivity index (χ2v) is 5.09. The first-order valence-corrected chi connectivity index (χ1v) is 5.87. The first-order chi connectivity index (χ1) is 6.25. The molecule has 0 spiro atoms. The van der Waals surface area contributed by atoms with Gasteiger partial charge in [0.05, 0.1) is 0 Å². The van der Waals surface area contributed by atoms with Crippen LogP contribution in [0.4, 0.5) is 0 Å². The minimum Gasteiger partial charge on any atom is -0.244 e.